The minimum Gasteiger partial charge on any atom is -0.497 e. The van der Waals surface area contributed by atoms with Crippen LogP contribution in [0.5, 0.6) is 5.75 Å². The Morgan fingerprint density at radius 2 is 1.88 bits per heavy atom. The summed E-state index contributed by atoms with van der Waals surface area (Å²) in [5, 5.41) is 2.45. The van der Waals surface area contributed by atoms with Crippen molar-refractivity contribution < 1.29 is 17.9 Å². The SMILES string of the molecule is COc1ccc(-c2nc(Cn3cc(C(F)(F)F)ccc3=O)cs2)cc1. The van der Waals surface area contributed by atoms with Gasteiger partial charge in [-0.2, -0.15) is 13.2 Å². The minimum atomic E-state index is -4.49. The van der Waals surface area contributed by atoms with Gasteiger partial charge in [0.15, 0.2) is 0 Å². The number of alkyl halides is 3. The average molecular weight is 366 g/mol. The third-order valence-corrected chi connectivity index (χ3v) is 4.47. The fourth-order valence-electron chi connectivity index (χ4n) is 2.24. The highest BCUT2D eigenvalue weighted by atomic mass is 32.1. The van der Waals surface area contributed by atoms with Gasteiger partial charge in [-0.1, -0.05) is 0 Å². The molecule has 4 nitrogen and oxygen atoms in total. The number of nitrogens with zero attached hydrogens (tertiary/aromatic N) is 2. The molecule has 25 heavy (non-hydrogen) atoms. The summed E-state index contributed by atoms with van der Waals surface area (Å²) in [5.41, 5.74) is 0.0235. The molecule has 2 aromatic heterocycles. The van der Waals surface area contributed by atoms with E-state index in [1.54, 1.807) is 24.6 Å². The second kappa shape index (κ2) is 6.72. The van der Waals surface area contributed by atoms with E-state index in [-0.39, 0.29) is 6.54 Å². The van der Waals surface area contributed by atoms with Crippen LogP contribution < -0.4 is 10.3 Å². The first-order chi connectivity index (χ1) is 11.9. The van der Waals surface area contributed by atoms with Crippen LogP contribution in [0.25, 0.3) is 10.6 Å². The summed E-state index contributed by atoms with van der Waals surface area (Å²) in [5.74, 6) is 0.719. The first-order valence-corrected chi connectivity index (χ1v) is 8.11. The third kappa shape index (κ3) is 3.90. The number of aromatic nitrogens is 2. The molecule has 0 aliphatic rings. The zero-order chi connectivity index (χ0) is 18.0. The molecule has 0 spiro atoms. The van der Waals surface area contributed by atoms with Crippen LogP contribution >= 0.6 is 11.3 Å². The molecule has 0 saturated carbocycles. The van der Waals surface area contributed by atoms with Gasteiger partial charge in [0.2, 0.25) is 0 Å². The van der Waals surface area contributed by atoms with Crippen molar-refractivity contribution in [2.75, 3.05) is 7.11 Å². The normalized spacial score (nSPS) is 11.5. The van der Waals surface area contributed by atoms with Crippen LogP contribution in [-0.4, -0.2) is 16.7 Å². The van der Waals surface area contributed by atoms with E-state index in [1.807, 2.05) is 12.1 Å². The number of benzene rings is 1. The minimum absolute atomic E-state index is 0.0184. The fourth-order valence-corrected chi connectivity index (χ4v) is 3.06. The number of hydrogen-bond donors (Lipinski definition) is 0. The molecule has 0 aliphatic carbocycles. The topological polar surface area (TPSA) is 44.1 Å². The molecule has 0 N–H and O–H groups in total. The fraction of sp³-hybridized carbons (Fsp3) is 0.176. The second-order valence-corrected chi connectivity index (χ2v) is 6.11. The number of methoxy groups -OCH3 is 1. The molecule has 1 aromatic carbocycles. The number of pyridine rings is 1. The predicted molar refractivity (Wildman–Crippen MR) is 88.9 cm³/mol. The van der Waals surface area contributed by atoms with Crippen LogP contribution in [0.3, 0.4) is 0 Å². The molecule has 0 fully saturated rings. The highest BCUT2D eigenvalue weighted by Gasteiger charge is 2.31. The van der Waals surface area contributed by atoms with Gasteiger partial charge in [0.05, 0.1) is 24.9 Å². The van der Waals surface area contributed by atoms with Crippen LogP contribution in [0.15, 0.2) is 52.8 Å². The van der Waals surface area contributed by atoms with Crippen molar-refractivity contribution in [3.8, 4) is 16.3 Å². The van der Waals surface area contributed by atoms with Crippen molar-refractivity contribution in [2.45, 2.75) is 12.7 Å². The highest BCUT2D eigenvalue weighted by Crippen LogP contribution is 2.29. The van der Waals surface area contributed by atoms with E-state index in [1.165, 1.54) is 11.3 Å². The summed E-state index contributed by atoms with van der Waals surface area (Å²) in [6, 6.07) is 8.99. The Labute approximate surface area is 145 Å². The van der Waals surface area contributed by atoms with Crippen molar-refractivity contribution in [1.29, 1.82) is 0 Å². The molecule has 0 amide bonds. The molecule has 3 rings (SSSR count). The number of hydrogen-bond acceptors (Lipinski definition) is 4. The van der Waals surface area contributed by atoms with Gasteiger partial charge in [0.1, 0.15) is 10.8 Å². The summed E-state index contributed by atoms with van der Waals surface area (Å²) in [4.78, 5) is 16.2. The van der Waals surface area contributed by atoms with Crippen molar-refractivity contribution in [1.82, 2.24) is 9.55 Å². The summed E-state index contributed by atoms with van der Waals surface area (Å²) in [6.07, 6.45) is -3.68. The van der Waals surface area contributed by atoms with E-state index >= 15 is 0 Å². The summed E-state index contributed by atoms with van der Waals surface area (Å²) in [7, 11) is 1.57. The predicted octanol–water partition coefficient (Wildman–Crippen LogP) is 4.05. The largest absolute Gasteiger partial charge is 0.497 e. The Kier molecular flexibility index (Phi) is 4.63. The molecular weight excluding hydrogens is 353 g/mol. The lowest BCUT2D eigenvalue weighted by molar-refractivity contribution is -0.138. The molecule has 130 valence electrons. The van der Waals surface area contributed by atoms with Crippen LogP contribution in [0.1, 0.15) is 11.3 Å². The molecular formula is C17H13F3N2O2S. The van der Waals surface area contributed by atoms with Crippen LogP contribution in [-0.2, 0) is 12.7 Å². The Balaban J connectivity index is 1.85. The summed E-state index contributed by atoms with van der Waals surface area (Å²) >= 11 is 1.36. The first-order valence-electron chi connectivity index (χ1n) is 7.23. The quantitative estimate of drug-likeness (QED) is 0.700. The lowest BCUT2D eigenvalue weighted by atomic mass is 10.2. The van der Waals surface area contributed by atoms with E-state index in [2.05, 4.69) is 4.98 Å². The van der Waals surface area contributed by atoms with E-state index in [0.29, 0.717) is 5.69 Å². The van der Waals surface area contributed by atoms with E-state index in [4.69, 9.17) is 4.74 Å². The number of ether oxygens (including phenoxy) is 1. The average Bonchev–Trinajstić information content (AvgIpc) is 3.04. The Morgan fingerprint density at radius 3 is 2.52 bits per heavy atom. The zero-order valence-electron chi connectivity index (χ0n) is 13.1. The molecule has 0 atom stereocenters. The van der Waals surface area contributed by atoms with Gasteiger partial charge in [-0.25, -0.2) is 4.98 Å². The van der Waals surface area contributed by atoms with E-state index in [9.17, 15) is 18.0 Å². The lowest BCUT2D eigenvalue weighted by Gasteiger charge is -2.09. The number of halogens is 3. The number of thiazole rings is 1. The summed E-state index contributed by atoms with van der Waals surface area (Å²) in [6.45, 7) is -0.0184. The van der Waals surface area contributed by atoms with Gasteiger partial charge in [-0.3, -0.25) is 4.79 Å². The molecule has 2 heterocycles. The van der Waals surface area contributed by atoms with Crippen LogP contribution in [0, 0.1) is 0 Å². The molecule has 0 bridgehead atoms. The van der Waals surface area contributed by atoms with Crippen molar-refractivity contribution in [3.05, 3.63) is 69.6 Å². The standard InChI is InChI=1S/C17H13F3N2O2S/c1-24-14-5-2-11(3-6-14)16-21-13(10-25-16)9-22-8-12(17(18,19)20)4-7-15(22)23/h2-8,10H,9H2,1H3. The second-order valence-electron chi connectivity index (χ2n) is 5.25. The monoisotopic (exact) mass is 366 g/mol. The molecule has 8 heteroatoms. The highest BCUT2D eigenvalue weighted by molar-refractivity contribution is 7.13. The van der Waals surface area contributed by atoms with E-state index in [0.717, 1.165) is 39.2 Å². The number of rotatable bonds is 4. The van der Waals surface area contributed by atoms with Gasteiger partial charge in [-0.15, -0.1) is 11.3 Å². The molecule has 0 radical (unpaired) electrons. The zero-order valence-corrected chi connectivity index (χ0v) is 13.9. The molecule has 3 aromatic rings. The molecule has 0 unspecified atom stereocenters. The smallest absolute Gasteiger partial charge is 0.417 e. The molecule has 0 aliphatic heterocycles. The lowest BCUT2D eigenvalue weighted by Crippen LogP contribution is -2.22. The van der Waals surface area contributed by atoms with Gasteiger partial charge < -0.3 is 9.30 Å². The Hall–Kier alpha value is -2.61. The summed E-state index contributed by atoms with van der Waals surface area (Å²) < 4.78 is 44.5. The van der Waals surface area contributed by atoms with Crippen LogP contribution in [0.2, 0.25) is 0 Å². The van der Waals surface area contributed by atoms with Gasteiger partial charge in [0, 0.05) is 23.2 Å². The van der Waals surface area contributed by atoms with E-state index < -0.39 is 17.3 Å². The van der Waals surface area contributed by atoms with Crippen molar-refractivity contribution >= 4 is 11.3 Å². The van der Waals surface area contributed by atoms with Crippen molar-refractivity contribution in [2.24, 2.45) is 0 Å². The Morgan fingerprint density at radius 1 is 1.16 bits per heavy atom. The van der Waals surface area contributed by atoms with Crippen molar-refractivity contribution in [3.63, 3.8) is 0 Å². The maximum atomic E-state index is 12.8. The third-order valence-electron chi connectivity index (χ3n) is 3.53. The first kappa shape index (κ1) is 17.2. The van der Waals surface area contributed by atoms with Gasteiger partial charge in [0.25, 0.3) is 5.56 Å². The van der Waals surface area contributed by atoms with Crippen LogP contribution in [0.4, 0.5) is 13.2 Å². The Bertz CT molecular complexity index is 930. The van der Waals surface area contributed by atoms with Gasteiger partial charge in [-0.05, 0) is 30.3 Å². The maximum absolute atomic E-state index is 12.8. The van der Waals surface area contributed by atoms with Gasteiger partial charge >= 0.3 is 6.18 Å². The maximum Gasteiger partial charge on any atom is 0.417 e. The molecule has 0 saturated heterocycles.